The third-order valence-electron chi connectivity index (χ3n) is 2.68. The lowest BCUT2D eigenvalue weighted by Gasteiger charge is -2.15. The maximum Gasteiger partial charge on any atom is 0.311 e. The minimum Gasteiger partial charge on any atom is -0.394 e. The number of aliphatic hydroxyl groups is 1. The lowest BCUT2D eigenvalue weighted by Crippen LogP contribution is -2.24. The molecule has 0 aliphatic rings. The monoisotopic (exact) mass is 268 g/mol. The average Bonchev–Trinajstić information content (AvgIpc) is 2.42. The zero-order valence-electron chi connectivity index (χ0n) is 11.2. The molecule has 0 radical (unpaired) electrons. The Balaban J connectivity index is 2.97. The van der Waals surface area contributed by atoms with Crippen molar-refractivity contribution in [3.63, 3.8) is 0 Å². The van der Waals surface area contributed by atoms with E-state index in [2.05, 4.69) is 15.6 Å². The van der Waals surface area contributed by atoms with Crippen molar-refractivity contribution in [2.24, 2.45) is 0 Å². The van der Waals surface area contributed by atoms with E-state index in [1.54, 1.807) is 6.07 Å². The van der Waals surface area contributed by atoms with Gasteiger partial charge in [0.1, 0.15) is 5.82 Å². The van der Waals surface area contributed by atoms with Gasteiger partial charge < -0.3 is 15.7 Å². The van der Waals surface area contributed by atoms with Crippen LogP contribution in [0.25, 0.3) is 0 Å². The van der Waals surface area contributed by atoms with Crippen LogP contribution in [0.4, 0.5) is 17.3 Å². The molecule has 0 saturated carbocycles. The van der Waals surface area contributed by atoms with Crippen molar-refractivity contribution in [3.8, 4) is 0 Å². The molecule has 0 fully saturated rings. The van der Waals surface area contributed by atoms with Gasteiger partial charge >= 0.3 is 5.69 Å². The SMILES string of the molecule is CCCNc1ccc([N+](=O)[O-])c(NC(CC)CO)n1. The second-order valence-electron chi connectivity index (χ2n) is 4.18. The molecule has 3 N–H and O–H groups in total. The molecule has 19 heavy (non-hydrogen) atoms. The highest BCUT2D eigenvalue weighted by atomic mass is 16.6. The Morgan fingerprint density at radius 3 is 2.74 bits per heavy atom. The van der Waals surface area contributed by atoms with Gasteiger partial charge in [0.05, 0.1) is 17.6 Å². The first-order valence-corrected chi connectivity index (χ1v) is 6.39. The van der Waals surface area contributed by atoms with E-state index in [4.69, 9.17) is 5.11 Å². The molecule has 0 bridgehead atoms. The summed E-state index contributed by atoms with van der Waals surface area (Å²) >= 11 is 0. The third kappa shape index (κ3) is 4.36. The molecule has 106 valence electrons. The van der Waals surface area contributed by atoms with Gasteiger partial charge in [-0.3, -0.25) is 10.1 Å². The number of aliphatic hydroxyl groups excluding tert-OH is 1. The van der Waals surface area contributed by atoms with Crippen LogP contribution in [0.1, 0.15) is 26.7 Å². The lowest BCUT2D eigenvalue weighted by atomic mass is 10.2. The van der Waals surface area contributed by atoms with Gasteiger partial charge in [-0.1, -0.05) is 13.8 Å². The molecule has 1 aromatic heterocycles. The summed E-state index contributed by atoms with van der Waals surface area (Å²) in [5.74, 6) is 0.773. The number of aromatic nitrogens is 1. The fourth-order valence-corrected chi connectivity index (χ4v) is 1.53. The van der Waals surface area contributed by atoms with Crippen LogP contribution in [0.3, 0.4) is 0 Å². The molecule has 0 saturated heterocycles. The molecule has 1 heterocycles. The van der Waals surface area contributed by atoms with Crippen molar-refractivity contribution < 1.29 is 10.0 Å². The first kappa shape index (κ1) is 15.2. The van der Waals surface area contributed by atoms with Crippen molar-refractivity contribution in [2.75, 3.05) is 23.8 Å². The van der Waals surface area contributed by atoms with E-state index in [1.807, 2.05) is 13.8 Å². The molecule has 1 aromatic rings. The molecular formula is C12H20N4O3. The Morgan fingerprint density at radius 2 is 2.21 bits per heavy atom. The van der Waals surface area contributed by atoms with Gasteiger partial charge in [-0.15, -0.1) is 0 Å². The second-order valence-corrected chi connectivity index (χ2v) is 4.18. The van der Waals surface area contributed by atoms with Crippen molar-refractivity contribution in [2.45, 2.75) is 32.7 Å². The topological polar surface area (TPSA) is 100 Å². The molecule has 0 spiro atoms. The Bertz CT molecular complexity index is 421. The molecular weight excluding hydrogens is 248 g/mol. The minimum atomic E-state index is -0.483. The second kappa shape index (κ2) is 7.52. The number of anilines is 2. The standard InChI is InChI=1S/C12H20N4O3/c1-3-7-13-11-6-5-10(16(18)19)12(15-11)14-9(4-2)8-17/h5-6,9,17H,3-4,7-8H2,1-2H3,(H2,13,14,15). The van der Waals surface area contributed by atoms with Crippen LogP contribution < -0.4 is 10.6 Å². The number of hydrogen-bond donors (Lipinski definition) is 3. The third-order valence-corrected chi connectivity index (χ3v) is 2.68. The summed E-state index contributed by atoms with van der Waals surface area (Å²) < 4.78 is 0. The Hall–Kier alpha value is -1.89. The predicted octanol–water partition coefficient (Wildman–Crippen LogP) is 1.99. The van der Waals surface area contributed by atoms with E-state index in [1.165, 1.54) is 6.07 Å². The molecule has 0 amide bonds. The van der Waals surface area contributed by atoms with E-state index in [9.17, 15) is 10.1 Å². The molecule has 1 rings (SSSR count). The summed E-state index contributed by atoms with van der Waals surface area (Å²) in [6.45, 7) is 4.57. The van der Waals surface area contributed by atoms with Gasteiger partial charge in [0.15, 0.2) is 0 Å². The number of nitro groups is 1. The molecule has 0 aromatic carbocycles. The molecule has 0 aliphatic carbocycles. The number of rotatable bonds is 8. The molecule has 7 heteroatoms. The summed E-state index contributed by atoms with van der Waals surface area (Å²) in [7, 11) is 0. The van der Waals surface area contributed by atoms with Crippen LogP contribution >= 0.6 is 0 Å². The van der Waals surface area contributed by atoms with Crippen molar-refractivity contribution in [1.29, 1.82) is 0 Å². The highest BCUT2D eigenvalue weighted by Gasteiger charge is 2.18. The number of hydrogen-bond acceptors (Lipinski definition) is 6. The maximum absolute atomic E-state index is 10.9. The van der Waals surface area contributed by atoms with E-state index in [0.29, 0.717) is 12.2 Å². The quantitative estimate of drug-likeness (QED) is 0.492. The van der Waals surface area contributed by atoms with Crippen LogP contribution in [0.5, 0.6) is 0 Å². The highest BCUT2D eigenvalue weighted by molar-refractivity contribution is 5.60. The largest absolute Gasteiger partial charge is 0.394 e. The van der Waals surface area contributed by atoms with E-state index >= 15 is 0 Å². The Kier molecular flexibility index (Phi) is 6.01. The molecule has 0 aliphatic heterocycles. The fourth-order valence-electron chi connectivity index (χ4n) is 1.53. The van der Waals surface area contributed by atoms with Gasteiger partial charge in [-0.05, 0) is 18.9 Å². The number of nitrogens with zero attached hydrogens (tertiary/aromatic N) is 2. The van der Waals surface area contributed by atoms with Gasteiger partial charge in [0.25, 0.3) is 0 Å². The summed E-state index contributed by atoms with van der Waals surface area (Å²) in [6.07, 6.45) is 1.59. The zero-order valence-corrected chi connectivity index (χ0v) is 11.2. The van der Waals surface area contributed by atoms with Crippen LogP contribution in [0.2, 0.25) is 0 Å². The summed E-state index contributed by atoms with van der Waals surface area (Å²) in [5.41, 5.74) is -0.0889. The van der Waals surface area contributed by atoms with Crippen molar-refractivity contribution >= 4 is 17.3 Å². The van der Waals surface area contributed by atoms with Crippen molar-refractivity contribution in [1.82, 2.24) is 4.98 Å². The summed E-state index contributed by atoms with van der Waals surface area (Å²) in [6, 6.07) is 2.75. The van der Waals surface area contributed by atoms with E-state index in [-0.39, 0.29) is 24.2 Å². The van der Waals surface area contributed by atoms with E-state index < -0.39 is 4.92 Å². The first-order valence-electron chi connectivity index (χ1n) is 6.39. The lowest BCUT2D eigenvalue weighted by molar-refractivity contribution is -0.384. The van der Waals surface area contributed by atoms with Crippen LogP contribution in [-0.4, -0.2) is 34.2 Å². The van der Waals surface area contributed by atoms with Gasteiger partial charge in [-0.25, -0.2) is 4.98 Å². The summed E-state index contributed by atoms with van der Waals surface area (Å²) in [5, 5.41) is 26.1. The first-order chi connectivity index (χ1) is 9.12. The predicted molar refractivity (Wildman–Crippen MR) is 74.5 cm³/mol. The zero-order chi connectivity index (χ0) is 14.3. The van der Waals surface area contributed by atoms with Gasteiger partial charge in [0, 0.05) is 12.6 Å². The summed E-state index contributed by atoms with van der Waals surface area (Å²) in [4.78, 5) is 14.7. The maximum atomic E-state index is 10.9. The number of pyridine rings is 1. The minimum absolute atomic E-state index is 0.0889. The van der Waals surface area contributed by atoms with Crippen molar-refractivity contribution in [3.05, 3.63) is 22.2 Å². The Labute approximate surface area is 112 Å². The normalized spacial score (nSPS) is 11.9. The van der Waals surface area contributed by atoms with E-state index in [0.717, 1.165) is 13.0 Å². The van der Waals surface area contributed by atoms with Crippen LogP contribution in [-0.2, 0) is 0 Å². The highest BCUT2D eigenvalue weighted by Crippen LogP contribution is 2.24. The number of nitrogens with one attached hydrogen (secondary N) is 2. The smallest absolute Gasteiger partial charge is 0.311 e. The average molecular weight is 268 g/mol. The molecule has 1 unspecified atom stereocenters. The molecule has 7 nitrogen and oxygen atoms in total. The fraction of sp³-hybridized carbons (Fsp3) is 0.583. The van der Waals surface area contributed by atoms with Gasteiger partial charge in [-0.2, -0.15) is 0 Å². The Morgan fingerprint density at radius 1 is 1.47 bits per heavy atom. The molecule has 1 atom stereocenters. The van der Waals surface area contributed by atoms with Crippen LogP contribution in [0.15, 0.2) is 12.1 Å². The van der Waals surface area contributed by atoms with Crippen LogP contribution in [0, 0.1) is 10.1 Å². The van der Waals surface area contributed by atoms with Gasteiger partial charge in [0.2, 0.25) is 5.82 Å².